The van der Waals surface area contributed by atoms with Crippen molar-refractivity contribution in [1.82, 2.24) is 14.5 Å². The average Bonchev–Trinajstić information content (AvgIpc) is 2.27. The van der Waals surface area contributed by atoms with Gasteiger partial charge in [-0.05, 0) is 13.0 Å². The third kappa shape index (κ3) is 2.04. The summed E-state index contributed by atoms with van der Waals surface area (Å²) >= 11 is 0. The molecule has 0 amide bonds. The standard InChI is InChI=1S/C9H8ClN3O4S/c1-2-13-7-6(8(14)12-9(13)15)3-5(4-11-7)18(10,16)17/h3-4H,2H2,1H3,(H,12,14,15). The first-order chi connectivity index (χ1) is 8.34. The molecule has 0 fully saturated rings. The van der Waals surface area contributed by atoms with Crippen LogP contribution in [0.15, 0.2) is 26.7 Å². The first-order valence-corrected chi connectivity index (χ1v) is 7.23. The largest absolute Gasteiger partial charge is 0.329 e. The van der Waals surface area contributed by atoms with Crippen LogP contribution in [0.1, 0.15) is 6.92 Å². The fourth-order valence-electron chi connectivity index (χ4n) is 1.58. The van der Waals surface area contributed by atoms with E-state index in [9.17, 15) is 18.0 Å². The van der Waals surface area contributed by atoms with Crippen molar-refractivity contribution in [2.24, 2.45) is 0 Å². The number of hydrogen-bond acceptors (Lipinski definition) is 5. The molecule has 2 heterocycles. The number of nitrogens with zero attached hydrogens (tertiary/aromatic N) is 2. The molecule has 0 spiro atoms. The van der Waals surface area contributed by atoms with Gasteiger partial charge in [-0.3, -0.25) is 14.3 Å². The van der Waals surface area contributed by atoms with Crippen molar-refractivity contribution >= 4 is 30.8 Å². The predicted molar refractivity (Wildman–Crippen MR) is 65.3 cm³/mol. The number of aryl methyl sites for hydroxylation is 1. The lowest BCUT2D eigenvalue weighted by molar-refractivity contribution is 0.609. The Bertz CT molecular complexity index is 837. The lowest BCUT2D eigenvalue weighted by atomic mass is 10.3. The second kappa shape index (κ2) is 4.21. The molecule has 0 saturated heterocycles. The van der Waals surface area contributed by atoms with E-state index in [0.29, 0.717) is 6.54 Å². The number of pyridine rings is 1. The van der Waals surface area contributed by atoms with E-state index in [0.717, 1.165) is 12.3 Å². The highest BCUT2D eigenvalue weighted by Gasteiger charge is 2.14. The van der Waals surface area contributed by atoms with Gasteiger partial charge in [-0.2, -0.15) is 0 Å². The number of nitrogens with one attached hydrogen (secondary N) is 1. The zero-order valence-corrected chi connectivity index (χ0v) is 10.7. The minimum absolute atomic E-state index is 0.00169. The van der Waals surface area contributed by atoms with Gasteiger partial charge in [-0.1, -0.05) is 0 Å². The maximum atomic E-state index is 11.6. The quantitative estimate of drug-likeness (QED) is 0.786. The number of fused-ring (bicyclic) bond motifs is 1. The summed E-state index contributed by atoms with van der Waals surface area (Å²) in [6.45, 7) is 2.00. The third-order valence-electron chi connectivity index (χ3n) is 2.41. The summed E-state index contributed by atoms with van der Waals surface area (Å²) in [6.07, 6.45) is 1.01. The number of H-pyrrole nitrogens is 1. The lowest BCUT2D eigenvalue weighted by Crippen LogP contribution is -2.30. The normalized spacial score (nSPS) is 11.9. The summed E-state index contributed by atoms with van der Waals surface area (Å²) in [5.41, 5.74) is -1.17. The molecule has 0 radical (unpaired) electrons. The van der Waals surface area contributed by atoms with E-state index in [-0.39, 0.29) is 15.9 Å². The van der Waals surface area contributed by atoms with Crippen LogP contribution < -0.4 is 11.2 Å². The smallest absolute Gasteiger partial charge is 0.278 e. The summed E-state index contributed by atoms with van der Waals surface area (Å²) in [5.74, 6) is 0. The van der Waals surface area contributed by atoms with Crippen molar-refractivity contribution in [2.45, 2.75) is 18.4 Å². The van der Waals surface area contributed by atoms with Crippen LogP contribution >= 0.6 is 10.7 Å². The molecule has 0 bridgehead atoms. The molecule has 0 aliphatic rings. The number of halogens is 1. The molecule has 0 atom stereocenters. The van der Waals surface area contributed by atoms with Gasteiger partial charge < -0.3 is 0 Å². The van der Waals surface area contributed by atoms with Gasteiger partial charge in [0.1, 0.15) is 10.5 Å². The Morgan fingerprint density at radius 1 is 1.44 bits per heavy atom. The van der Waals surface area contributed by atoms with Gasteiger partial charge in [0.25, 0.3) is 14.6 Å². The second-order valence-corrected chi connectivity index (χ2v) is 6.05. The van der Waals surface area contributed by atoms with Crippen LogP contribution in [0, 0.1) is 0 Å². The van der Waals surface area contributed by atoms with Gasteiger partial charge in [-0.25, -0.2) is 18.2 Å². The fourth-order valence-corrected chi connectivity index (χ4v) is 2.27. The van der Waals surface area contributed by atoms with E-state index in [1.807, 2.05) is 0 Å². The van der Waals surface area contributed by atoms with Crippen molar-refractivity contribution in [3.8, 4) is 0 Å². The lowest BCUT2D eigenvalue weighted by Gasteiger charge is -2.05. The van der Waals surface area contributed by atoms with Gasteiger partial charge in [0, 0.05) is 23.4 Å². The van der Waals surface area contributed by atoms with Gasteiger partial charge in [0.15, 0.2) is 0 Å². The zero-order valence-electron chi connectivity index (χ0n) is 9.18. The zero-order chi connectivity index (χ0) is 13.5. The molecule has 96 valence electrons. The molecule has 1 N–H and O–H groups in total. The van der Waals surface area contributed by atoms with Gasteiger partial charge in [0.05, 0.1) is 5.39 Å². The highest BCUT2D eigenvalue weighted by atomic mass is 35.7. The van der Waals surface area contributed by atoms with Crippen LogP contribution in [-0.4, -0.2) is 23.0 Å². The first-order valence-electron chi connectivity index (χ1n) is 4.92. The summed E-state index contributed by atoms with van der Waals surface area (Å²) in [5, 5.41) is -0.00169. The monoisotopic (exact) mass is 289 g/mol. The Morgan fingerprint density at radius 2 is 2.11 bits per heavy atom. The topological polar surface area (TPSA) is 102 Å². The Morgan fingerprint density at radius 3 is 2.67 bits per heavy atom. The molecule has 2 aromatic heterocycles. The molecule has 18 heavy (non-hydrogen) atoms. The third-order valence-corrected chi connectivity index (χ3v) is 3.73. The fraction of sp³-hybridized carbons (Fsp3) is 0.222. The molecule has 0 aliphatic heterocycles. The molecule has 0 aliphatic carbocycles. The van der Waals surface area contributed by atoms with Crippen LogP contribution in [0.4, 0.5) is 0 Å². The van der Waals surface area contributed by atoms with Gasteiger partial charge in [-0.15, -0.1) is 0 Å². The van der Waals surface area contributed by atoms with Gasteiger partial charge in [0.2, 0.25) is 0 Å². The van der Waals surface area contributed by atoms with Crippen molar-refractivity contribution in [3.05, 3.63) is 33.1 Å². The molecule has 0 aromatic carbocycles. The van der Waals surface area contributed by atoms with E-state index >= 15 is 0 Å². The molecule has 0 unspecified atom stereocenters. The van der Waals surface area contributed by atoms with Crippen molar-refractivity contribution in [3.63, 3.8) is 0 Å². The highest BCUT2D eigenvalue weighted by molar-refractivity contribution is 8.13. The molecule has 0 saturated carbocycles. The molecule has 2 aromatic rings. The van der Waals surface area contributed by atoms with E-state index in [2.05, 4.69) is 9.97 Å². The first kappa shape index (κ1) is 12.8. The van der Waals surface area contributed by atoms with Gasteiger partial charge >= 0.3 is 5.69 Å². The maximum absolute atomic E-state index is 11.6. The molecule has 9 heteroatoms. The van der Waals surface area contributed by atoms with Crippen LogP contribution in [0.5, 0.6) is 0 Å². The van der Waals surface area contributed by atoms with Crippen LogP contribution in [-0.2, 0) is 15.6 Å². The molecule has 2 rings (SSSR count). The maximum Gasteiger partial charge on any atom is 0.329 e. The Labute approximate surface area is 105 Å². The highest BCUT2D eigenvalue weighted by Crippen LogP contribution is 2.16. The SMILES string of the molecule is CCn1c(=O)[nH]c(=O)c2cc(S(=O)(=O)Cl)cnc21. The summed E-state index contributed by atoms with van der Waals surface area (Å²) in [7, 11) is 1.20. The number of rotatable bonds is 2. The second-order valence-electron chi connectivity index (χ2n) is 3.48. The predicted octanol–water partition coefficient (Wildman–Crippen LogP) is 0.0322. The average molecular weight is 290 g/mol. The number of aromatic nitrogens is 3. The summed E-state index contributed by atoms with van der Waals surface area (Å²) in [6, 6.07) is 1.09. The van der Waals surface area contributed by atoms with Crippen molar-refractivity contribution in [1.29, 1.82) is 0 Å². The van der Waals surface area contributed by atoms with E-state index in [4.69, 9.17) is 10.7 Å². The van der Waals surface area contributed by atoms with Crippen molar-refractivity contribution in [2.75, 3.05) is 0 Å². The molecule has 7 nitrogen and oxygen atoms in total. The van der Waals surface area contributed by atoms with Crippen LogP contribution in [0.3, 0.4) is 0 Å². The van der Waals surface area contributed by atoms with Crippen LogP contribution in [0.25, 0.3) is 11.0 Å². The Hall–Kier alpha value is -1.67. The minimum Gasteiger partial charge on any atom is -0.278 e. The summed E-state index contributed by atoms with van der Waals surface area (Å²) < 4.78 is 23.5. The summed E-state index contributed by atoms with van der Waals surface area (Å²) in [4.78, 5) is 28.7. The van der Waals surface area contributed by atoms with E-state index < -0.39 is 20.3 Å². The van der Waals surface area contributed by atoms with Crippen molar-refractivity contribution < 1.29 is 8.42 Å². The van der Waals surface area contributed by atoms with Crippen LogP contribution in [0.2, 0.25) is 0 Å². The Balaban J connectivity index is 2.97. The van der Waals surface area contributed by atoms with E-state index in [1.165, 1.54) is 4.57 Å². The number of hydrogen-bond donors (Lipinski definition) is 1. The Kier molecular flexibility index (Phi) is 2.99. The number of aromatic amines is 1. The molecular formula is C9H8ClN3O4S. The minimum atomic E-state index is -3.97. The molecular weight excluding hydrogens is 282 g/mol. The van der Waals surface area contributed by atoms with E-state index in [1.54, 1.807) is 6.92 Å².